The van der Waals surface area contributed by atoms with Crippen molar-refractivity contribution >= 4 is 17.9 Å². The van der Waals surface area contributed by atoms with Crippen LogP contribution < -0.4 is 0 Å². The molecule has 0 radical (unpaired) electrons. The maximum absolute atomic E-state index is 12.9. The molecule has 0 amide bonds. The van der Waals surface area contributed by atoms with E-state index in [0.29, 0.717) is 6.42 Å². The normalized spacial score (nSPS) is 48.1. The van der Waals surface area contributed by atoms with Crippen molar-refractivity contribution in [2.75, 3.05) is 6.61 Å². The Morgan fingerprint density at radius 1 is 1.00 bits per heavy atom. The molecular weight excluding hydrogens is 472 g/mol. The Morgan fingerprint density at radius 2 is 1.53 bits per heavy atom. The van der Waals surface area contributed by atoms with Crippen LogP contribution in [0.4, 0.5) is 0 Å². The summed E-state index contributed by atoms with van der Waals surface area (Å²) in [7, 11) is 0. The van der Waals surface area contributed by atoms with Crippen LogP contribution in [0.25, 0.3) is 0 Å². The molecule has 1 heterocycles. The Kier molecular flexibility index (Phi) is 7.20. The minimum atomic E-state index is -2.15. The lowest BCUT2D eigenvalue weighted by molar-refractivity contribution is -0.414. The molecule has 0 aromatic carbocycles. The topological polar surface area (TPSA) is 149 Å². The second kappa shape index (κ2) is 9.08. The van der Waals surface area contributed by atoms with Crippen molar-refractivity contribution in [3.8, 4) is 0 Å². The highest BCUT2D eigenvalue weighted by Gasteiger charge is 2.82. The van der Waals surface area contributed by atoms with Crippen LogP contribution in [0, 0.1) is 16.7 Å². The maximum atomic E-state index is 12.9. The molecule has 0 aromatic rings. The highest BCUT2D eigenvalue weighted by molar-refractivity contribution is 5.67. The average molecular weight is 513 g/mol. The summed E-state index contributed by atoms with van der Waals surface area (Å²) in [5, 5.41) is 35.2. The van der Waals surface area contributed by atoms with Gasteiger partial charge in [-0.2, -0.15) is 0 Å². The van der Waals surface area contributed by atoms with Gasteiger partial charge in [-0.3, -0.25) is 14.4 Å². The predicted octanol–water partition coefficient (Wildman–Crippen LogP) is 1.43. The quantitative estimate of drug-likeness (QED) is 0.280. The lowest BCUT2D eigenvalue weighted by Crippen LogP contribution is -2.88. The van der Waals surface area contributed by atoms with E-state index in [2.05, 4.69) is 6.58 Å². The molecule has 2 aliphatic carbocycles. The Hall–Kier alpha value is -2.01. The molecule has 10 nitrogen and oxygen atoms in total. The van der Waals surface area contributed by atoms with Crippen molar-refractivity contribution in [1.82, 2.24) is 0 Å². The zero-order chi connectivity index (χ0) is 27.5. The first-order chi connectivity index (χ1) is 16.5. The van der Waals surface area contributed by atoms with Crippen LogP contribution in [-0.4, -0.2) is 81.1 Å². The molecule has 204 valence electrons. The third kappa shape index (κ3) is 3.88. The van der Waals surface area contributed by atoms with E-state index < -0.39 is 75.9 Å². The Labute approximate surface area is 211 Å². The van der Waals surface area contributed by atoms with Crippen LogP contribution in [0.1, 0.15) is 67.7 Å². The van der Waals surface area contributed by atoms with Crippen molar-refractivity contribution in [1.29, 1.82) is 0 Å². The summed E-state index contributed by atoms with van der Waals surface area (Å²) in [5.74, 6) is -2.85. The lowest BCUT2D eigenvalue weighted by atomic mass is 9.39. The predicted molar refractivity (Wildman–Crippen MR) is 126 cm³/mol. The van der Waals surface area contributed by atoms with E-state index in [1.165, 1.54) is 33.8 Å². The fraction of sp³-hybridized carbons (Fsp3) is 0.808. The molecule has 1 aliphatic heterocycles. The van der Waals surface area contributed by atoms with Gasteiger partial charge in [-0.25, -0.2) is 0 Å². The largest absolute Gasteiger partial charge is 0.462 e. The Bertz CT molecular complexity index is 936. The van der Waals surface area contributed by atoms with Crippen molar-refractivity contribution < 1.29 is 48.7 Å². The lowest BCUT2D eigenvalue weighted by Gasteiger charge is -2.73. The average Bonchev–Trinajstić information content (AvgIpc) is 2.76. The number of aliphatic hydroxyl groups is 3. The van der Waals surface area contributed by atoms with Gasteiger partial charge in [0.25, 0.3) is 0 Å². The van der Waals surface area contributed by atoms with Crippen LogP contribution in [0.3, 0.4) is 0 Å². The van der Waals surface area contributed by atoms with Gasteiger partial charge in [-0.15, -0.1) is 6.58 Å². The standard InChI is InChI=1S/C26H40O10/c1-9-23(6)12-18(34-15(3)29)26(32)24(7)17(33-14(2)28)10-11-22(5,13-27)20(24)19(35-16(4)30)21(31)25(26,8)36-23/h9,17-21,27,31-32H,1,10-13H2,2-8H3/t17-,18+,19-,20-,21-,22+,23-,24-,25+,26-/m0/s1. The maximum Gasteiger partial charge on any atom is 0.303 e. The third-order valence-electron chi connectivity index (χ3n) is 9.04. The van der Waals surface area contributed by atoms with Crippen molar-refractivity contribution in [2.24, 2.45) is 16.7 Å². The zero-order valence-electron chi connectivity index (χ0n) is 22.2. The van der Waals surface area contributed by atoms with Crippen molar-refractivity contribution in [3.63, 3.8) is 0 Å². The van der Waals surface area contributed by atoms with Crippen LogP contribution >= 0.6 is 0 Å². The van der Waals surface area contributed by atoms with E-state index in [9.17, 15) is 29.7 Å². The number of aliphatic hydroxyl groups excluding tert-OH is 2. The number of esters is 3. The first-order valence-corrected chi connectivity index (χ1v) is 12.3. The molecule has 0 unspecified atom stereocenters. The van der Waals surface area contributed by atoms with Gasteiger partial charge in [-0.1, -0.05) is 19.9 Å². The fourth-order valence-corrected chi connectivity index (χ4v) is 7.50. The number of hydrogen-bond donors (Lipinski definition) is 3. The highest BCUT2D eigenvalue weighted by atomic mass is 16.6. The minimum absolute atomic E-state index is 0.00192. The van der Waals surface area contributed by atoms with Gasteiger partial charge in [0.1, 0.15) is 35.6 Å². The number of hydrogen-bond acceptors (Lipinski definition) is 10. The number of carbonyl (C=O) groups is 3. The summed E-state index contributed by atoms with van der Waals surface area (Å²) in [6.07, 6.45) is -2.92. The molecule has 3 fully saturated rings. The first-order valence-electron chi connectivity index (χ1n) is 12.3. The van der Waals surface area contributed by atoms with Crippen molar-refractivity contribution in [3.05, 3.63) is 12.7 Å². The molecule has 36 heavy (non-hydrogen) atoms. The van der Waals surface area contributed by atoms with Crippen LogP contribution in [0.5, 0.6) is 0 Å². The van der Waals surface area contributed by atoms with E-state index >= 15 is 0 Å². The van der Waals surface area contributed by atoms with Gasteiger partial charge in [0.15, 0.2) is 0 Å². The molecule has 0 aromatic heterocycles. The number of rotatable bonds is 5. The van der Waals surface area contributed by atoms with Gasteiger partial charge < -0.3 is 34.3 Å². The Morgan fingerprint density at radius 3 is 2.00 bits per heavy atom. The van der Waals surface area contributed by atoms with Crippen LogP contribution in [-0.2, 0) is 33.3 Å². The summed E-state index contributed by atoms with van der Waals surface area (Å²) in [6.45, 7) is 13.7. The molecule has 2 saturated carbocycles. The molecule has 3 aliphatic rings. The van der Waals surface area contributed by atoms with E-state index in [1.54, 1.807) is 20.8 Å². The molecular formula is C26H40O10. The molecule has 3 rings (SSSR count). The summed E-state index contributed by atoms with van der Waals surface area (Å²) in [5.41, 5.74) is -7.65. The zero-order valence-corrected chi connectivity index (χ0v) is 22.2. The van der Waals surface area contributed by atoms with E-state index in [-0.39, 0.29) is 19.4 Å². The van der Waals surface area contributed by atoms with Gasteiger partial charge >= 0.3 is 17.9 Å². The number of carbonyl (C=O) groups excluding carboxylic acids is 3. The second-order valence-corrected chi connectivity index (χ2v) is 11.5. The molecule has 10 heteroatoms. The molecule has 3 N–H and O–H groups in total. The summed E-state index contributed by atoms with van der Waals surface area (Å²) >= 11 is 0. The first kappa shape index (κ1) is 28.6. The third-order valence-corrected chi connectivity index (χ3v) is 9.04. The minimum Gasteiger partial charge on any atom is -0.462 e. The number of ether oxygens (including phenoxy) is 4. The Balaban J connectivity index is 2.42. The smallest absolute Gasteiger partial charge is 0.303 e. The fourth-order valence-electron chi connectivity index (χ4n) is 7.50. The van der Waals surface area contributed by atoms with Crippen LogP contribution in [0.15, 0.2) is 12.7 Å². The summed E-state index contributed by atoms with van der Waals surface area (Å²) in [4.78, 5) is 36.8. The van der Waals surface area contributed by atoms with E-state index in [4.69, 9.17) is 18.9 Å². The molecule has 10 atom stereocenters. The number of fused-ring (bicyclic) bond motifs is 3. The van der Waals surface area contributed by atoms with Gasteiger partial charge in [0.2, 0.25) is 0 Å². The summed E-state index contributed by atoms with van der Waals surface area (Å²) < 4.78 is 23.6. The second-order valence-electron chi connectivity index (χ2n) is 11.5. The monoisotopic (exact) mass is 512 g/mol. The molecule has 0 bridgehead atoms. The highest BCUT2D eigenvalue weighted by Crippen LogP contribution is 2.68. The van der Waals surface area contributed by atoms with Gasteiger partial charge in [-0.05, 0) is 32.1 Å². The van der Waals surface area contributed by atoms with E-state index in [1.807, 2.05) is 0 Å². The molecule has 1 saturated heterocycles. The SMILES string of the molecule is C=C[C@@]1(C)C[C@@H](OC(C)=O)[C@]2(O)[C@@]3(C)[C@@H](OC(C)=O)CC[C@](C)(CO)[C@@H]3[C@H](OC(C)=O)[C@H](O)[C@@]2(C)O1. The van der Waals surface area contributed by atoms with Crippen molar-refractivity contribution in [2.45, 2.75) is 109 Å². The molecule has 0 spiro atoms. The van der Waals surface area contributed by atoms with E-state index in [0.717, 1.165) is 0 Å². The van der Waals surface area contributed by atoms with Crippen LogP contribution in [0.2, 0.25) is 0 Å². The van der Waals surface area contributed by atoms with Gasteiger partial charge in [0, 0.05) is 45.1 Å². The summed E-state index contributed by atoms with van der Waals surface area (Å²) in [6, 6.07) is 0. The van der Waals surface area contributed by atoms with Gasteiger partial charge in [0.05, 0.1) is 5.60 Å².